The van der Waals surface area contributed by atoms with Gasteiger partial charge in [-0.1, -0.05) is 0 Å². The van der Waals surface area contributed by atoms with E-state index in [2.05, 4.69) is 24.1 Å². The Morgan fingerprint density at radius 2 is 2.04 bits per heavy atom. The number of quaternary nitrogens is 1. The quantitative estimate of drug-likeness (QED) is 0.682. The van der Waals surface area contributed by atoms with E-state index in [0.717, 1.165) is 19.6 Å². The zero-order chi connectivity index (χ0) is 16.8. The average molecular weight is 318 g/mol. The van der Waals surface area contributed by atoms with Gasteiger partial charge >= 0.3 is 0 Å². The summed E-state index contributed by atoms with van der Waals surface area (Å²) in [7, 11) is 1.54. The molecule has 6 heteroatoms. The zero-order valence-electron chi connectivity index (χ0n) is 13.9. The first-order valence-corrected chi connectivity index (χ1v) is 7.91. The maximum Gasteiger partial charge on any atom is 0.256 e. The van der Waals surface area contributed by atoms with Crippen LogP contribution in [0.3, 0.4) is 0 Å². The van der Waals surface area contributed by atoms with Crippen LogP contribution in [0.15, 0.2) is 29.2 Å². The molecule has 23 heavy (non-hydrogen) atoms. The smallest absolute Gasteiger partial charge is 0.256 e. The summed E-state index contributed by atoms with van der Waals surface area (Å²) >= 11 is 0. The standard InChI is InChI=1S/C17H23N3O3/c1-4-20(5-2)9-8-18-17(22)14-11-19-15-7-6-12(23-3)10-13(15)16(14)21/h6-7,10-11H,4-5,8-9H2,1-3H3,(H,18,22)(H,19,21)/p+1. The first kappa shape index (κ1) is 17.0. The third kappa shape index (κ3) is 3.90. The minimum absolute atomic E-state index is 0.125. The number of H-pyrrole nitrogens is 1. The van der Waals surface area contributed by atoms with Gasteiger partial charge in [-0.15, -0.1) is 0 Å². The second-order valence-electron chi connectivity index (χ2n) is 5.41. The number of aromatic nitrogens is 1. The van der Waals surface area contributed by atoms with Gasteiger partial charge in [0.15, 0.2) is 0 Å². The first-order valence-electron chi connectivity index (χ1n) is 7.91. The number of hydrogen-bond acceptors (Lipinski definition) is 3. The molecule has 1 aromatic carbocycles. The Kier molecular flexibility index (Phi) is 5.76. The number of carbonyl (C=O) groups excluding carboxylic acids is 1. The molecule has 124 valence electrons. The van der Waals surface area contributed by atoms with Gasteiger partial charge in [0.2, 0.25) is 5.43 Å². The van der Waals surface area contributed by atoms with Gasteiger partial charge in [-0.2, -0.15) is 0 Å². The number of pyridine rings is 1. The lowest BCUT2D eigenvalue weighted by molar-refractivity contribution is -0.895. The van der Waals surface area contributed by atoms with E-state index in [9.17, 15) is 9.59 Å². The summed E-state index contributed by atoms with van der Waals surface area (Å²) in [5.74, 6) is 0.244. The SMILES string of the molecule is CC[NH+](CC)CCNC(=O)c1c[nH]c2ccc(OC)cc2c1=O. The topological polar surface area (TPSA) is 75.6 Å². The Balaban J connectivity index is 2.17. The van der Waals surface area contributed by atoms with Gasteiger partial charge in [-0.05, 0) is 32.0 Å². The first-order chi connectivity index (χ1) is 11.1. The molecule has 0 saturated heterocycles. The van der Waals surface area contributed by atoms with Gasteiger partial charge in [0.25, 0.3) is 5.91 Å². The number of rotatable bonds is 7. The van der Waals surface area contributed by atoms with Crippen LogP contribution in [0, 0.1) is 0 Å². The van der Waals surface area contributed by atoms with E-state index < -0.39 is 0 Å². The molecule has 6 nitrogen and oxygen atoms in total. The number of carbonyl (C=O) groups is 1. The van der Waals surface area contributed by atoms with E-state index >= 15 is 0 Å². The molecular weight excluding hydrogens is 294 g/mol. The third-order valence-corrected chi connectivity index (χ3v) is 4.10. The van der Waals surface area contributed by atoms with Crippen molar-refractivity contribution >= 4 is 16.8 Å². The number of nitrogens with one attached hydrogen (secondary N) is 3. The van der Waals surface area contributed by atoms with Crippen LogP contribution in [0.1, 0.15) is 24.2 Å². The van der Waals surface area contributed by atoms with Crippen molar-refractivity contribution in [3.05, 3.63) is 40.2 Å². The predicted octanol–water partition coefficient (Wildman–Crippen LogP) is 0.191. The molecule has 0 atom stereocenters. The lowest BCUT2D eigenvalue weighted by atomic mass is 10.1. The maximum absolute atomic E-state index is 12.5. The molecular formula is C17H24N3O3+. The van der Waals surface area contributed by atoms with E-state index in [1.54, 1.807) is 25.3 Å². The number of benzene rings is 1. The fourth-order valence-corrected chi connectivity index (χ4v) is 2.54. The highest BCUT2D eigenvalue weighted by Crippen LogP contribution is 2.16. The minimum Gasteiger partial charge on any atom is -0.497 e. The Morgan fingerprint density at radius 3 is 2.70 bits per heavy atom. The minimum atomic E-state index is -0.345. The van der Waals surface area contributed by atoms with Crippen molar-refractivity contribution in [1.29, 1.82) is 0 Å². The highest BCUT2D eigenvalue weighted by Gasteiger charge is 2.14. The van der Waals surface area contributed by atoms with Gasteiger partial charge < -0.3 is 19.9 Å². The van der Waals surface area contributed by atoms with Crippen molar-refractivity contribution in [2.75, 3.05) is 33.3 Å². The Bertz CT molecular complexity index is 735. The Labute approximate surface area is 135 Å². The molecule has 2 aromatic rings. The number of fused-ring (bicyclic) bond motifs is 1. The summed E-state index contributed by atoms with van der Waals surface area (Å²) in [5.41, 5.74) is 0.519. The molecule has 1 heterocycles. The van der Waals surface area contributed by atoms with Crippen molar-refractivity contribution in [2.45, 2.75) is 13.8 Å². The highest BCUT2D eigenvalue weighted by atomic mass is 16.5. The van der Waals surface area contributed by atoms with E-state index in [1.807, 2.05) is 0 Å². The predicted molar refractivity (Wildman–Crippen MR) is 90.4 cm³/mol. The van der Waals surface area contributed by atoms with Gasteiger partial charge in [-0.3, -0.25) is 9.59 Å². The molecule has 0 aliphatic heterocycles. The van der Waals surface area contributed by atoms with E-state index in [-0.39, 0.29) is 16.9 Å². The lowest BCUT2D eigenvalue weighted by Gasteiger charge is -2.15. The van der Waals surface area contributed by atoms with Crippen LogP contribution >= 0.6 is 0 Å². The van der Waals surface area contributed by atoms with E-state index in [0.29, 0.717) is 23.2 Å². The van der Waals surface area contributed by atoms with Crippen LogP contribution in [0.2, 0.25) is 0 Å². The second-order valence-corrected chi connectivity index (χ2v) is 5.41. The van der Waals surface area contributed by atoms with Crippen molar-refractivity contribution < 1.29 is 14.4 Å². The van der Waals surface area contributed by atoms with Crippen molar-refractivity contribution in [2.24, 2.45) is 0 Å². The number of aromatic amines is 1. The molecule has 0 unspecified atom stereocenters. The van der Waals surface area contributed by atoms with Crippen LogP contribution in [0.5, 0.6) is 5.75 Å². The number of likely N-dealkylation sites (N-methyl/N-ethyl adjacent to an activating group) is 1. The lowest BCUT2D eigenvalue weighted by Crippen LogP contribution is -3.12. The van der Waals surface area contributed by atoms with Gasteiger partial charge in [0, 0.05) is 17.1 Å². The summed E-state index contributed by atoms with van der Waals surface area (Å²) in [4.78, 5) is 29.2. The summed E-state index contributed by atoms with van der Waals surface area (Å²) in [5, 5.41) is 3.27. The number of methoxy groups -OCH3 is 1. The Morgan fingerprint density at radius 1 is 1.30 bits per heavy atom. The van der Waals surface area contributed by atoms with Crippen molar-refractivity contribution in [3.63, 3.8) is 0 Å². The van der Waals surface area contributed by atoms with Crippen LogP contribution < -0.4 is 20.4 Å². The van der Waals surface area contributed by atoms with Crippen LogP contribution in [-0.2, 0) is 0 Å². The van der Waals surface area contributed by atoms with Gasteiger partial charge in [0.05, 0.1) is 33.3 Å². The molecule has 2 rings (SSSR count). The zero-order valence-corrected chi connectivity index (χ0v) is 13.9. The molecule has 0 bridgehead atoms. The molecule has 0 radical (unpaired) electrons. The molecule has 3 N–H and O–H groups in total. The van der Waals surface area contributed by atoms with Crippen LogP contribution in [-0.4, -0.2) is 44.2 Å². The van der Waals surface area contributed by atoms with Gasteiger partial charge in [-0.25, -0.2) is 0 Å². The van der Waals surface area contributed by atoms with Crippen LogP contribution in [0.4, 0.5) is 0 Å². The monoisotopic (exact) mass is 318 g/mol. The molecule has 0 spiro atoms. The fraction of sp³-hybridized carbons (Fsp3) is 0.412. The van der Waals surface area contributed by atoms with Gasteiger partial charge in [0.1, 0.15) is 11.3 Å². The molecule has 0 saturated carbocycles. The number of amides is 1. The number of ether oxygens (including phenoxy) is 1. The normalized spacial score (nSPS) is 11.0. The third-order valence-electron chi connectivity index (χ3n) is 4.10. The summed E-state index contributed by atoms with van der Waals surface area (Å²) < 4.78 is 5.14. The van der Waals surface area contributed by atoms with Crippen molar-refractivity contribution in [3.8, 4) is 5.75 Å². The molecule has 0 fully saturated rings. The van der Waals surface area contributed by atoms with Crippen LogP contribution in [0.25, 0.3) is 10.9 Å². The summed E-state index contributed by atoms with van der Waals surface area (Å²) in [6.45, 7) is 7.65. The number of hydrogen-bond donors (Lipinski definition) is 3. The molecule has 0 aliphatic carbocycles. The average Bonchev–Trinajstić information content (AvgIpc) is 2.58. The summed E-state index contributed by atoms with van der Waals surface area (Å²) in [6, 6.07) is 5.18. The van der Waals surface area contributed by atoms with E-state index in [1.165, 1.54) is 11.1 Å². The molecule has 0 aliphatic rings. The summed E-state index contributed by atoms with van der Waals surface area (Å²) in [6.07, 6.45) is 1.47. The fourth-order valence-electron chi connectivity index (χ4n) is 2.54. The molecule has 1 aromatic heterocycles. The maximum atomic E-state index is 12.5. The molecule has 1 amide bonds. The van der Waals surface area contributed by atoms with E-state index in [4.69, 9.17) is 4.74 Å². The largest absolute Gasteiger partial charge is 0.497 e. The van der Waals surface area contributed by atoms with Crippen molar-refractivity contribution in [1.82, 2.24) is 10.3 Å². The Hall–Kier alpha value is -2.34. The second kappa shape index (κ2) is 7.78. The highest BCUT2D eigenvalue weighted by molar-refractivity contribution is 5.97.